The Morgan fingerprint density at radius 1 is 1.29 bits per heavy atom. The maximum Gasteiger partial charge on any atom is 0.261 e. The van der Waals surface area contributed by atoms with Crippen LogP contribution in [0.5, 0.6) is 0 Å². The Bertz CT molecular complexity index is 484. The van der Waals surface area contributed by atoms with Crippen molar-refractivity contribution in [2.24, 2.45) is 5.73 Å². The molecule has 0 spiro atoms. The molecule has 4 nitrogen and oxygen atoms in total. The lowest BCUT2D eigenvalue weighted by Gasteiger charge is -2.00. The number of hydrogen-bond acceptors (Lipinski definition) is 3. The van der Waals surface area contributed by atoms with Gasteiger partial charge in [-0.05, 0) is 18.2 Å². The summed E-state index contributed by atoms with van der Waals surface area (Å²) in [4.78, 5) is 10.5. The molecular weight excluding hydrogens is 249 g/mol. The molecule has 0 aliphatic heterocycles. The fourth-order valence-corrected chi connectivity index (χ4v) is 1.95. The van der Waals surface area contributed by atoms with Crippen molar-refractivity contribution in [3.8, 4) is 0 Å². The van der Waals surface area contributed by atoms with Crippen LogP contribution in [0.25, 0.3) is 0 Å². The van der Waals surface area contributed by atoms with Crippen LogP contribution in [-0.2, 0) is 9.05 Å². The van der Waals surface area contributed by atoms with Crippen LogP contribution in [-0.4, -0.2) is 14.3 Å². The average Bonchev–Trinajstić information content (AvgIpc) is 2.01. The summed E-state index contributed by atoms with van der Waals surface area (Å²) in [5.41, 5.74) is 4.96. The van der Waals surface area contributed by atoms with Gasteiger partial charge in [0.05, 0.1) is 4.90 Å². The number of carbonyl (C=O) groups excluding carboxylic acids is 1. The predicted molar refractivity (Wildman–Crippen MR) is 53.0 cm³/mol. The molecule has 1 aromatic rings. The van der Waals surface area contributed by atoms with E-state index in [0.717, 1.165) is 12.1 Å². The molecule has 0 aromatic heterocycles. The Morgan fingerprint density at radius 2 is 1.86 bits per heavy atom. The van der Waals surface area contributed by atoms with Gasteiger partial charge in [0, 0.05) is 21.3 Å². The van der Waals surface area contributed by atoms with Gasteiger partial charge in [-0.1, -0.05) is 11.6 Å². The van der Waals surface area contributed by atoms with Crippen molar-refractivity contribution in [3.63, 3.8) is 0 Å². The maximum absolute atomic E-state index is 10.9. The van der Waals surface area contributed by atoms with E-state index in [2.05, 4.69) is 0 Å². The van der Waals surface area contributed by atoms with Crippen molar-refractivity contribution in [3.05, 3.63) is 28.8 Å². The fraction of sp³-hybridized carbons (Fsp3) is 0. The number of amides is 1. The monoisotopic (exact) mass is 253 g/mol. The summed E-state index contributed by atoms with van der Waals surface area (Å²) in [7, 11) is 1.17. The van der Waals surface area contributed by atoms with Crippen LogP contribution < -0.4 is 5.73 Å². The minimum atomic E-state index is -3.90. The van der Waals surface area contributed by atoms with E-state index in [-0.39, 0.29) is 15.5 Å². The number of benzene rings is 1. The van der Waals surface area contributed by atoms with E-state index in [0.29, 0.717) is 0 Å². The first-order chi connectivity index (χ1) is 6.30. The summed E-state index contributed by atoms with van der Waals surface area (Å²) < 4.78 is 21.8. The first-order valence-corrected chi connectivity index (χ1v) is 6.04. The van der Waals surface area contributed by atoms with Crippen LogP contribution >= 0.6 is 22.3 Å². The Hall–Kier alpha value is -0.780. The number of rotatable bonds is 2. The molecule has 14 heavy (non-hydrogen) atoms. The summed E-state index contributed by atoms with van der Waals surface area (Å²) in [5, 5.41) is 0.0838. The molecular formula is C7H5Cl2NO3S. The van der Waals surface area contributed by atoms with Crippen LogP contribution in [0.2, 0.25) is 5.02 Å². The smallest absolute Gasteiger partial charge is 0.261 e. The quantitative estimate of drug-likeness (QED) is 0.809. The van der Waals surface area contributed by atoms with E-state index in [4.69, 9.17) is 28.0 Å². The lowest BCUT2D eigenvalue weighted by Crippen LogP contribution is -2.11. The highest BCUT2D eigenvalue weighted by molar-refractivity contribution is 8.13. The zero-order valence-corrected chi connectivity index (χ0v) is 9.03. The Kier molecular flexibility index (Phi) is 3.04. The van der Waals surface area contributed by atoms with Gasteiger partial charge in [0.15, 0.2) is 0 Å². The number of halogens is 2. The summed E-state index contributed by atoms with van der Waals surface area (Å²) >= 11 is 5.57. The SMILES string of the molecule is NC(=O)c1cc(Cl)cc(S(=O)(=O)Cl)c1. The molecule has 76 valence electrons. The van der Waals surface area contributed by atoms with Gasteiger partial charge in [0.1, 0.15) is 0 Å². The maximum atomic E-state index is 10.9. The first kappa shape index (κ1) is 11.3. The lowest BCUT2D eigenvalue weighted by atomic mass is 10.2. The lowest BCUT2D eigenvalue weighted by molar-refractivity contribution is 0.1000. The molecule has 0 saturated heterocycles. The third kappa shape index (κ3) is 2.60. The van der Waals surface area contributed by atoms with E-state index < -0.39 is 15.0 Å². The van der Waals surface area contributed by atoms with Gasteiger partial charge < -0.3 is 5.73 Å². The largest absolute Gasteiger partial charge is 0.366 e. The van der Waals surface area contributed by atoms with E-state index in [1.165, 1.54) is 6.07 Å². The molecule has 0 aliphatic rings. The van der Waals surface area contributed by atoms with E-state index in [1.54, 1.807) is 0 Å². The molecule has 0 unspecified atom stereocenters. The molecule has 7 heteroatoms. The second kappa shape index (κ2) is 3.76. The summed E-state index contributed by atoms with van der Waals surface area (Å²) in [5.74, 6) is -0.769. The van der Waals surface area contributed by atoms with Crippen LogP contribution in [0.15, 0.2) is 23.1 Å². The summed E-state index contributed by atoms with van der Waals surface area (Å²) in [6.45, 7) is 0. The molecule has 0 aliphatic carbocycles. The Balaban J connectivity index is 3.43. The van der Waals surface area contributed by atoms with Crippen LogP contribution in [0, 0.1) is 0 Å². The van der Waals surface area contributed by atoms with Gasteiger partial charge in [0.25, 0.3) is 9.05 Å². The van der Waals surface area contributed by atoms with Gasteiger partial charge >= 0.3 is 0 Å². The molecule has 1 rings (SSSR count). The van der Waals surface area contributed by atoms with Gasteiger partial charge in [0.2, 0.25) is 5.91 Å². The highest BCUT2D eigenvalue weighted by Crippen LogP contribution is 2.21. The number of primary amides is 1. The van der Waals surface area contributed by atoms with Crippen LogP contribution in [0.4, 0.5) is 0 Å². The van der Waals surface area contributed by atoms with Crippen molar-refractivity contribution in [1.82, 2.24) is 0 Å². The second-order valence-electron chi connectivity index (χ2n) is 2.48. The number of carbonyl (C=O) groups is 1. The average molecular weight is 254 g/mol. The van der Waals surface area contributed by atoms with Gasteiger partial charge in [-0.15, -0.1) is 0 Å². The minimum absolute atomic E-state index is 0.00303. The highest BCUT2D eigenvalue weighted by Gasteiger charge is 2.13. The zero-order chi connectivity index (χ0) is 10.9. The number of hydrogen-bond donors (Lipinski definition) is 1. The topological polar surface area (TPSA) is 77.2 Å². The predicted octanol–water partition coefficient (Wildman–Crippen LogP) is 1.37. The molecule has 2 N–H and O–H groups in total. The van der Waals surface area contributed by atoms with Crippen molar-refractivity contribution >= 4 is 37.2 Å². The third-order valence-corrected chi connectivity index (χ3v) is 2.99. The Labute approximate surface area is 90.0 Å². The highest BCUT2D eigenvalue weighted by atomic mass is 35.7. The van der Waals surface area contributed by atoms with Gasteiger partial charge in [-0.25, -0.2) is 8.42 Å². The first-order valence-electron chi connectivity index (χ1n) is 3.36. The molecule has 0 fully saturated rings. The Morgan fingerprint density at radius 3 is 2.29 bits per heavy atom. The zero-order valence-electron chi connectivity index (χ0n) is 6.70. The van der Waals surface area contributed by atoms with Gasteiger partial charge in [-0.3, -0.25) is 4.79 Å². The molecule has 1 amide bonds. The van der Waals surface area contributed by atoms with Crippen LogP contribution in [0.1, 0.15) is 10.4 Å². The summed E-state index contributed by atoms with van der Waals surface area (Å²) in [6.07, 6.45) is 0. The van der Waals surface area contributed by atoms with Crippen molar-refractivity contribution in [2.75, 3.05) is 0 Å². The van der Waals surface area contributed by atoms with Gasteiger partial charge in [-0.2, -0.15) is 0 Å². The third-order valence-electron chi connectivity index (χ3n) is 1.44. The molecule has 1 aromatic carbocycles. The van der Waals surface area contributed by atoms with Crippen LogP contribution in [0.3, 0.4) is 0 Å². The second-order valence-corrected chi connectivity index (χ2v) is 5.48. The number of nitrogens with two attached hydrogens (primary N) is 1. The molecule has 0 radical (unpaired) electrons. The molecule has 0 bridgehead atoms. The van der Waals surface area contributed by atoms with Crippen molar-refractivity contribution in [2.45, 2.75) is 4.90 Å². The molecule has 0 saturated carbocycles. The van der Waals surface area contributed by atoms with E-state index >= 15 is 0 Å². The van der Waals surface area contributed by atoms with Crippen molar-refractivity contribution in [1.29, 1.82) is 0 Å². The normalized spacial score (nSPS) is 11.3. The van der Waals surface area contributed by atoms with E-state index in [9.17, 15) is 13.2 Å². The summed E-state index contributed by atoms with van der Waals surface area (Å²) in [6, 6.07) is 3.46. The van der Waals surface area contributed by atoms with E-state index in [1.807, 2.05) is 0 Å². The molecule has 0 atom stereocenters. The standard InChI is InChI=1S/C7H5Cl2NO3S/c8-5-1-4(7(10)11)2-6(3-5)14(9,12)13/h1-3H,(H2,10,11). The fourth-order valence-electron chi connectivity index (χ4n) is 0.846. The molecule has 0 heterocycles. The minimum Gasteiger partial charge on any atom is -0.366 e. The van der Waals surface area contributed by atoms with Crippen molar-refractivity contribution < 1.29 is 13.2 Å².